The molecule has 2 heterocycles. The maximum Gasteiger partial charge on any atom is 0.227 e. The Morgan fingerprint density at radius 2 is 1.84 bits per heavy atom. The number of nitrogen functional groups attached to an aromatic ring is 1. The fourth-order valence-corrected chi connectivity index (χ4v) is 3.69. The molecule has 3 N–H and O–H groups in total. The van der Waals surface area contributed by atoms with Crippen LogP contribution in [0.4, 0.5) is 23.0 Å². The number of hydrogen-bond acceptors (Lipinski definition) is 6. The van der Waals surface area contributed by atoms with E-state index in [2.05, 4.69) is 77.3 Å². The van der Waals surface area contributed by atoms with Crippen LogP contribution in [0.25, 0.3) is 22.2 Å². The standard InChI is InChI=1S/C24H29N7/c1-29(2)13-14-30(3)23-10-9-17(25)15-21(23)28-24-26-12-11-20(27-24)19-16-31(4)22-8-6-5-7-18(19)22/h5-12,15-16H,13-14,25H2,1-4H3,(H,26,27,28). The van der Waals surface area contributed by atoms with E-state index >= 15 is 0 Å². The van der Waals surface area contributed by atoms with E-state index in [9.17, 15) is 0 Å². The number of benzene rings is 2. The Kier molecular flexibility index (Phi) is 5.77. The second-order valence-corrected chi connectivity index (χ2v) is 8.06. The first kappa shape index (κ1) is 20.7. The van der Waals surface area contributed by atoms with Gasteiger partial charge in [-0.15, -0.1) is 0 Å². The molecule has 0 unspecified atom stereocenters. The quantitative estimate of drug-likeness (QED) is 0.445. The number of nitrogens with two attached hydrogens (primary N) is 1. The number of aromatic nitrogens is 3. The molecule has 160 valence electrons. The van der Waals surface area contributed by atoms with E-state index in [4.69, 9.17) is 10.7 Å². The molecule has 4 aromatic rings. The van der Waals surface area contributed by atoms with Crippen LogP contribution in [0.15, 0.2) is 60.9 Å². The van der Waals surface area contributed by atoms with Crippen LogP contribution in [0.5, 0.6) is 0 Å². The van der Waals surface area contributed by atoms with Crippen LogP contribution in [0.3, 0.4) is 0 Å². The molecule has 0 spiro atoms. The van der Waals surface area contributed by atoms with Gasteiger partial charge in [-0.05, 0) is 44.4 Å². The van der Waals surface area contributed by atoms with Crippen molar-refractivity contribution in [3.63, 3.8) is 0 Å². The van der Waals surface area contributed by atoms with Gasteiger partial charge in [0.25, 0.3) is 0 Å². The van der Waals surface area contributed by atoms with Crippen molar-refractivity contribution in [3.8, 4) is 11.3 Å². The van der Waals surface area contributed by atoms with E-state index in [1.165, 1.54) is 10.9 Å². The van der Waals surface area contributed by atoms with Crippen molar-refractivity contribution < 1.29 is 0 Å². The molecule has 31 heavy (non-hydrogen) atoms. The van der Waals surface area contributed by atoms with Crippen molar-refractivity contribution in [3.05, 3.63) is 60.9 Å². The molecule has 0 atom stereocenters. The number of hydrogen-bond donors (Lipinski definition) is 2. The summed E-state index contributed by atoms with van der Waals surface area (Å²) in [6.07, 6.45) is 3.89. The first-order chi connectivity index (χ1) is 14.9. The van der Waals surface area contributed by atoms with Gasteiger partial charge in [-0.2, -0.15) is 0 Å². The van der Waals surface area contributed by atoms with E-state index in [0.717, 1.165) is 35.7 Å². The predicted molar refractivity (Wildman–Crippen MR) is 130 cm³/mol. The summed E-state index contributed by atoms with van der Waals surface area (Å²) in [5, 5.41) is 4.55. The summed E-state index contributed by atoms with van der Waals surface area (Å²) in [5.41, 5.74) is 11.8. The molecule has 2 aromatic carbocycles. The van der Waals surface area contributed by atoms with Gasteiger partial charge in [0.1, 0.15) is 0 Å². The molecule has 7 nitrogen and oxygen atoms in total. The van der Waals surface area contributed by atoms with Crippen molar-refractivity contribution >= 4 is 33.9 Å². The lowest BCUT2D eigenvalue weighted by Gasteiger charge is -2.24. The van der Waals surface area contributed by atoms with Gasteiger partial charge in [-0.3, -0.25) is 0 Å². The summed E-state index contributed by atoms with van der Waals surface area (Å²) in [6.45, 7) is 1.84. The van der Waals surface area contributed by atoms with Gasteiger partial charge in [0.05, 0.1) is 17.1 Å². The maximum atomic E-state index is 6.08. The summed E-state index contributed by atoms with van der Waals surface area (Å²) >= 11 is 0. The van der Waals surface area contributed by atoms with E-state index in [0.29, 0.717) is 11.6 Å². The van der Waals surface area contributed by atoms with Gasteiger partial charge in [-0.25, -0.2) is 9.97 Å². The third-order valence-electron chi connectivity index (χ3n) is 5.39. The lowest BCUT2D eigenvalue weighted by atomic mass is 10.1. The minimum absolute atomic E-state index is 0.540. The van der Waals surface area contributed by atoms with Gasteiger partial charge in [-0.1, -0.05) is 18.2 Å². The number of aryl methyl sites for hydroxylation is 1. The largest absolute Gasteiger partial charge is 0.399 e. The molecule has 4 rings (SSSR count). The number of nitrogens with one attached hydrogen (secondary N) is 1. The fourth-order valence-electron chi connectivity index (χ4n) is 3.69. The summed E-state index contributed by atoms with van der Waals surface area (Å²) in [6, 6.07) is 16.1. The van der Waals surface area contributed by atoms with E-state index in [1.54, 1.807) is 6.20 Å². The average Bonchev–Trinajstić information content (AvgIpc) is 3.09. The molecular weight excluding hydrogens is 386 g/mol. The van der Waals surface area contributed by atoms with Gasteiger partial charge in [0.2, 0.25) is 5.95 Å². The van der Waals surface area contributed by atoms with Gasteiger partial charge >= 0.3 is 0 Å². The number of rotatable bonds is 7. The highest BCUT2D eigenvalue weighted by molar-refractivity contribution is 5.95. The van der Waals surface area contributed by atoms with Crippen molar-refractivity contribution in [1.82, 2.24) is 19.4 Å². The molecule has 0 aliphatic heterocycles. The van der Waals surface area contributed by atoms with Crippen molar-refractivity contribution in [2.75, 3.05) is 50.2 Å². The Bertz CT molecular complexity index is 1200. The zero-order chi connectivity index (χ0) is 22.0. The van der Waals surface area contributed by atoms with Gasteiger partial charge < -0.3 is 25.4 Å². The van der Waals surface area contributed by atoms with Crippen LogP contribution in [0.1, 0.15) is 0 Å². The Labute approximate surface area is 183 Å². The number of nitrogens with zero attached hydrogens (tertiary/aromatic N) is 5. The number of fused-ring (bicyclic) bond motifs is 1. The normalized spacial score (nSPS) is 11.3. The Morgan fingerprint density at radius 3 is 2.65 bits per heavy atom. The molecule has 0 bridgehead atoms. The van der Waals surface area contributed by atoms with Gasteiger partial charge in [0.15, 0.2) is 0 Å². The Morgan fingerprint density at radius 1 is 1.03 bits per heavy atom. The maximum absolute atomic E-state index is 6.08. The van der Waals surface area contributed by atoms with Crippen molar-refractivity contribution in [2.45, 2.75) is 0 Å². The monoisotopic (exact) mass is 415 g/mol. The number of likely N-dealkylation sites (N-methyl/N-ethyl adjacent to an activating group) is 2. The zero-order valence-corrected chi connectivity index (χ0v) is 18.5. The molecule has 0 saturated carbocycles. The minimum Gasteiger partial charge on any atom is -0.399 e. The highest BCUT2D eigenvalue weighted by Gasteiger charge is 2.13. The molecule has 0 fully saturated rings. The highest BCUT2D eigenvalue weighted by atomic mass is 15.2. The van der Waals surface area contributed by atoms with Crippen LogP contribution in [-0.2, 0) is 7.05 Å². The topological polar surface area (TPSA) is 75.2 Å². The summed E-state index contributed by atoms with van der Waals surface area (Å²) in [5.74, 6) is 0.540. The van der Waals surface area contributed by atoms with Crippen LogP contribution in [0, 0.1) is 0 Å². The first-order valence-corrected chi connectivity index (χ1v) is 10.3. The van der Waals surface area contributed by atoms with Crippen molar-refractivity contribution in [2.24, 2.45) is 7.05 Å². The van der Waals surface area contributed by atoms with Crippen LogP contribution >= 0.6 is 0 Å². The fraction of sp³-hybridized carbons (Fsp3) is 0.250. The number of para-hydroxylation sites is 1. The molecule has 2 aromatic heterocycles. The Balaban J connectivity index is 1.66. The Hall–Kier alpha value is -3.58. The van der Waals surface area contributed by atoms with Crippen LogP contribution in [-0.4, -0.2) is 53.7 Å². The molecule has 0 amide bonds. The van der Waals surface area contributed by atoms with Crippen LogP contribution in [0.2, 0.25) is 0 Å². The second-order valence-electron chi connectivity index (χ2n) is 8.06. The first-order valence-electron chi connectivity index (χ1n) is 10.3. The molecular formula is C24H29N7. The lowest BCUT2D eigenvalue weighted by molar-refractivity contribution is 0.416. The summed E-state index contributed by atoms with van der Waals surface area (Å²) in [7, 11) is 8.27. The predicted octanol–water partition coefficient (Wildman–Crippen LogP) is 3.96. The van der Waals surface area contributed by atoms with E-state index in [1.807, 2.05) is 30.3 Å². The molecule has 7 heteroatoms. The van der Waals surface area contributed by atoms with Crippen LogP contribution < -0.4 is 16.0 Å². The average molecular weight is 416 g/mol. The zero-order valence-electron chi connectivity index (χ0n) is 18.5. The minimum atomic E-state index is 0.540. The molecule has 0 aliphatic rings. The summed E-state index contributed by atoms with van der Waals surface area (Å²) in [4.78, 5) is 13.6. The summed E-state index contributed by atoms with van der Waals surface area (Å²) < 4.78 is 2.12. The third-order valence-corrected chi connectivity index (χ3v) is 5.39. The number of anilines is 4. The molecule has 0 aliphatic carbocycles. The van der Waals surface area contributed by atoms with Crippen molar-refractivity contribution in [1.29, 1.82) is 0 Å². The lowest BCUT2D eigenvalue weighted by Crippen LogP contribution is -2.28. The molecule has 0 saturated heterocycles. The van der Waals surface area contributed by atoms with E-state index in [-0.39, 0.29) is 0 Å². The second kappa shape index (κ2) is 8.65. The third kappa shape index (κ3) is 4.46. The van der Waals surface area contributed by atoms with E-state index < -0.39 is 0 Å². The SMILES string of the molecule is CN(C)CCN(C)c1ccc(N)cc1Nc1nccc(-c2cn(C)c3ccccc23)n1. The highest BCUT2D eigenvalue weighted by Crippen LogP contribution is 2.32. The van der Waals surface area contributed by atoms with Gasteiger partial charge in [0, 0.05) is 61.7 Å². The smallest absolute Gasteiger partial charge is 0.227 e. The molecule has 0 radical (unpaired) electrons.